The standard InChI is InChI=1S/C23H14F2N2O4/c24-14-3-1-13(2-4-14)20-21(26-16-7-10-18-19(11-16)31-12-30-18)23(29)27(22(20)28)17-8-5-15(25)6-9-17/h1-11,26H,12H2. The van der Waals surface area contributed by atoms with Crippen LogP contribution in [0.4, 0.5) is 20.2 Å². The molecule has 0 atom stereocenters. The van der Waals surface area contributed by atoms with Gasteiger partial charge in [-0.25, -0.2) is 13.7 Å². The monoisotopic (exact) mass is 420 g/mol. The van der Waals surface area contributed by atoms with Crippen LogP contribution in [-0.2, 0) is 9.59 Å². The number of ether oxygens (including phenoxy) is 2. The molecule has 0 aliphatic carbocycles. The number of fused-ring (bicyclic) bond motifs is 1. The zero-order valence-electron chi connectivity index (χ0n) is 15.9. The maximum absolute atomic E-state index is 13.4. The van der Waals surface area contributed by atoms with E-state index in [9.17, 15) is 18.4 Å². The molecular weight excluding hydrogens is 406 g/mol. The molecule has 2 aliphatic rings. The van der Waals surface area contributed by atoms with Crippen molar-refractivity contribution in [2.75, 3.05) is 17.0 Å². The zero-order chi connectivity index (χ0) is 21.5. The molecule has 0 saturated carbocycles. The van der Waals surface area contributed by atoms with Crippen molar-refractivity contribution in [2.24, 2.45) is 0 Å². The highest BCUT2D eigenvalue weighted by Gasteiger charge is 2.40. The lowest BCUT2D eigenvalue weighted by Gasteiger charge is -2.15. The number of imide groups is 1. The van der Waals surface area contributed by atoms with Gasteiger partial charge in [-0.1, -0.05) is 12.1 Å². The van der Waals surface area contributed by atoms with Crippen molar-refractivity contribution in [2.45, 2.75) is 0 Å². The van der Waals surface area contributed by atoms with Gasteiger partial charge in [0.2, 0.25) is 6.79 Å². The van der Waals surface area contributed by atoms with Gasteiger partial charge in [-0.15, -0.1) is 0 Å². The third-order valence-corrected chi connectivity index (χ3v) is 4.94. The third kappa shape index (κ3) is 3.28. The van der Waals surface area contributed by atoms with Crippen LogP contribution in [0.15, 0.2) is 72.4 Å². The van der Waals surface area contributed by atoms with Gasteiger partial charge in [0.15, 0.2) is 11.5 Å². The third-order valence-electron chi connectivity index (χ3n) is 4.94. The summed E-state index contributed by atoms with van der Waals surface area (Å²) in [4.78, 5) is 27.5. The van der Waals surface area contributed by atoms with Gasteiger partial charge in [0, 0.05) is 11.8 Å². The van der Waals surface area contributed by atoms with Crippen LogP contribution in [0.5, 0.6) is 11.5 Å². The number of amides is 2. The minimum atomic E-state index is -0.617. The molecule has 0 radical (unpaired) electrons. The smallest absolute Gasteiger partial charge is 0.282 e. The Labute approximate surface area is 175 Å². The molecule has 2 amide bonds. The molecule has 0 fully saturated rings. The van der Waals surface area contributed by atoms with Crippen molar-refractivity contribution in [3.8, 4) is 11.5 Å². The van der Waals surface area contributed by atoms with E-state index in [1.54, 1.807) is 18.2 Å². The Bertz CT molecular complexity index is 1240. The summed E-state index contributed by atoms with van der Waals surface area (Å²) >= 11 is 0. The van der Waals surface area contributed by atoms with E-state index < -0.39 is 23.4 Å². The molecular formula is C23H14F2N2O4. The first-order chi connectivity index (χ1) is 15.0. The number of rotatable bonds is 4. The Kier molecular flexibility index (Phi) is 4.39. The molecule has 6 nitrogen and oxygen atoms in total. The highest BCUT2D eigenvalue weighted by atomic mass is 19.1. The predicted octanol–water partition coefficient (Wildman–Crippen LogP) is 4.09. The summed E-state index contributed by atoms with van der Waals surface area (Å²) in [5.74, 6) is -1.11. The molecule has 31 heavy (non-hydrogen) atoms. The summed E-state index contributed by atoms with van der Waals surface area (Å²) in [6.45, 7) is 0.0953. The Morgan fingerprint density at radius 2 is 1.42 bits per heavy atom. The molecule has 0 unspecified atom stereocenters. The summed E-state index contributed by atoms with van der Waals surface area (Å²) in [5, 5.41) is 2.99. The van der Waals surface area contributed by atoms with Crippen molar-refractivity contribution < 1.29 is 27.8 Å². The van der Waals surface area contributed by atoms with E-state index in [1.807, 2.05) is 0 Å². The van der Waals surface area contributed by atoms with Crippen molar-refractivity contribution in [3.63, 3.8) is 0 Å². The Balaban J connectivity index is 1.59. The van der Waals surface area contributed by atoms with E-state index >= 15 is 0 Å². The first kappa shape index (κ1) is 18.8. The fraction of sp³-hybridized carbons (Fsp3) is 0.0435. The summed E-state index contributed by atoms with van der Waals surface area (Å²) in [6, 6.07) is 15.3. The Morgan fingerprint density at radius 1 is 0.774 bits per heavy atom. The van der Waals surface area contributed by atoms with E-state index in [4.69, 9.17) is 9.47 Å². The maximum Gasteiger partial charge on any atom is 0.282 e. The average Bonchev–Trinajstić information content (AvgIpc) is 3.32. The first-order valence-electron chi connectivity index (χ1n) is 9.32. The van der Waals surface area contributed by atoms with Gasteiger partial charge in [-0.05, 0) is 54.1 Å². The van der Waals surface area contributed by atoms with Crippen molar-refractivity contribution in [1.29, 1.82) is 0 Å². The topological polar surface area (TPSA) is 67.9 Å². The van der Waals surface area contributed by atoms with Crippen LogP contribution in [0.25, 0.3) is 5.57 Å². The number of halogens is 2. The van der Waals surface area contributed by atoms with E-state index in [2.05, 4.69) is 5.32 Å². The van der Waals surface area contributed by atoms with Crippen LogP contribution in [0, 0.1) is 11.6 Å². The van der Waals surface area contributed by atoms with E-state index in [1.165, 1.54) is 36.4 Å². The maximum atomic E-state index is 13.4. The van der Waals surface area contributed by atoms with Crippen molar-refractivity contribution >= 4 is 28.8 Å². The van der Waals surface area contributed by atoms with Gasteiger partial charge in [0.05, 0.1) is 11.3 Å². The molecule has 2 aliphatic heterocycles. The number of anilines is 2. The molecule has 0 saturated heterocycles. The second-order valence-corrected chi connectivity index (χ2v) is 6.87. The summed E-state index contributed by atoms with van der Waals surface area (Å²) < 4.78 is 37.4. The zero-order valence-corrected chi connectivity index (χ0v) is 15.9. The largest absolute Gasteiger partial charge is 0.454 e. The SMILES string of the molecule is O=C1C(Nc2ccc3c(c2)OCO3)=C(c2ccc(F)cc2)C(=O)N1c1ccc(F)cc1. The summed E-state index contributed by atoms with van der Waals surface area (Å²) in [6.07, 6.45) is 0. The van der Waals surface area contributed by atoms with Crippen LogP contribution in [0.3, 0.4) is 0 Å². The Morgan fingerprint density at radius 3 is 2.13 bits per heavy atom. The van der Waals surface area contributed by atoms with Gasteiger partial charge in [-0.3, -0.25) is 9.59 Å². The van der Waals surface area contributed by atoms with Crippen LogP contribution >= 0.6 is 0 Å². The predicted molar refractivity (Wildman–Crippen MR) is 108 cm³/mol. The van der Waals surface area contributed by atoms with Gasteiger partial charge >= 0.3 is 0 Å². The fourth-order valence-electron chi connectivity index (χ4n) is 3.47. The van der Waals surface area contributed by atoms with Gasteiger partial charge in [0.1, 0.15) is 17.3 Å². The molecule has 5 rings (SSSR count). The highest BCUT2D eigenvalue weighted by Crippen LogP contribution is 2.37. The molecule has 8 heteroatoms. The quantitative estimate of drug-likeness (QED) is 0.644. The van der Waals surface area contributed by atoms with Crippen molar-refractivity contribution in [3.05, 3.63) is 89.6 Å². The van der Waals surface area contributed by atoms with E-state index in [0.29, 0.717) is 22.7 Å². The molecule has 3 aromatic carbocycles. The van der Waals surface area contributed by atoms with Crippen LogP contribution < -0.4 is 19.7 Å². The minimum absolute atomic E-state index is 0.0137. The lowest BCUT2D eigenvalue weighted by Crippen LogP contribution is -2.32. The summed E-state index contributed by atoms with van der Waals surface area (Å²) in [5.41, 5.74) is 1.18. The number of nitrogens with zero attached hydrogens (tertiary/aromatic N) is 1. The van der Waals surface area contributed by atoms with Gasteiger partial charge in [0.25, 0.3) is 11.8 Å². The number of carbonyl (C=O) groups is 2. The molecule has 0 bridgehead atoms. The van der Waals surface area contributed by atoms with Crippen molar-refractivity contribution in [1.82, 2.24) is 0 Å². The number of hydrogen-bond donors (Lipinski definition) is 1. The second kappa shape index (κ2) is 7.24. The van der Waals surface area contributed by atoms with Gasteiger partial charge in [-0.2, -0.15) is 0 Å². The lowest BCUT2D eigenvalue weighted by atomic mass is 10.0. The lowest BCUT2D eigenvalue weighted by molar-refractivity contribution is -0.120. The Hall–Kier alpha value is -4.20. The number of nitrogens with one attached hydrogen (secondary N) is 1. The molecule has 2 heterocycles. The summed E-state index contributed by atoms with van der Waals surface area (Å²) in [7, 11) is 0. The second-order valence-electron chi connectivity index (χ2n) is 6.87. The molecule has 3 aromatic rings. The number of benzene rings is 3. The first-order valence-corrected chi connectivity index (χ1v) is 9.32. The fourth-order valence-corrected chi connectivity index (χ4v) is 3.47. The normalized spacial score (nSPS) is 15.1. The van der Waals surface area contributed by atoms with Crippen LogP contribution in [0.1, 0.15) is 5.56 Å². The molecule has 1 N–H and O–H groups in total. The molecule has 154 valence electrons. The number of carbonyl (C=O) groups excluding carboxylic acids is 2. The highest BCUT2D eigenvalue weighted by molar-refractivity contribution is 6.46. The molecule has 0 spiro atoms. The van der Waals surface area contributed by atoms with E-state index in [0.717, 1.165) is 17.0 Å². The van der Waals surface area contributed by atoms with Crippen LogP contribution in [-0.4, -0.2) is 18.6 Å². The van der Waals surface area contributed by atoms with Gasteiger partial charge < -0.3 is 14.8 Å². The van der Waals surface area contributed by atoms with Crippen LogP contribution in [0.2, 0.25) is 0 Å². The average molecular weight is 420 g/mol. The van der Waals surface area contributed by atoms with E-state index in [-0.39, 0.29) is 23.8 Å². The minimum Gasteiger partial charge on any atom is -0.454 e. The number of hydrogen-bond acceptors (Lipinski definition) is 5. The molecule has 0 aromatic heterocycles.